The van der Waals surface area contributed by atoms with Crippen LogP contribution in [0.15, 0.2) is 97.1 Å². The zero-order valence-corrected chi connectivity index (χ0v) is 21.2. The van der Waals surface area contributed by atoms with Crippen molar-refractivity contribution in [3.8, 4) is 0 Å². The molecule has 0 atom stereocenters. The number of carbonyl (C=O) groups excluding carboxylic acids is 3. The van der Waals surface area contributed by atoms with Crippen LogP contribution in [-0.4, -0.2) is 17.6 Å². The molecule has 0 aliphatic carbocycles. The van der Waals surface area contributed by atoms with Gasteiger partial charge in [-0.25, -0.2) is 0 Å². The number of anilines is 2. The summed E-state index contributed by atoms with van der Waals surface area (Å²) in [6.07, 6.45) is 0.196. The molecule has 4 aromatic carbocycles. The van der Waals surface area contributed by atoms with Crippen molar-refractivity contribution in [1.82, 2.24) is 0 Å². The van der Waals surface area contributed by atoms with Gasteiger partial charge in [0.25, 0.3) is 5.91 Å². The standard InChI is InChI=1S/C32H30N2O3/c1-21(2)24-16-14-23(15-17-24)20-30(35)33-28-12-8-7-11-26(28)32(37)34-29-18-13-22(3)19-27(29)31(36)25-9-5-4-6-10-25/h4-19,21H,20H2,1-3H3,(H,33,35)(H,34,37). The van der Waals surface area contributed by atoms with Crippen LogP contribution in [0.5, 0.6) is 0 Å². The number of amides is 2. The van der Waals surface area contributed by atoms with Crippen molar-refractivity contribution in [2.45, 2.75) is 33.1 Å². The van der Waals surface area contributed by atoms with Crippen molar-refractivity contribution in [2.24, 2.45) is 0 Å². The summed E-state index contributed by atoms with van der Waals surface area (Å²) in [6, 6.07) is 29.1. The number of carbonyl (C=O) groups is 3. The number of rotatable bonds is 8. The summed E-state index contributed by atoms with van der Waals surface area (Å²) >= 11 is 0. The van der Waals surface area contributed by atoms with Crippen molar-refractivity contribution in [1.29, 1.82) is 0 Å². The number of ketones is 1. The normalized spacial score (nSPS) is 10.7. The van der Waals surface area contributed by atoms with E-state index in [4.69, 9.17) is 0 Å². The molecule has 2 amide bonds. The fraction of sp³-hybridized carbons (Fsp3) is 0.156. The Kier molecular flexibility index (Phi) is 7.94. The van der Waals surface area contributed by atoms with Crippen LogP contribution < -0.4 is 10.6 Å². The van der Waals surface area contributed by atoms with Gasteiger partial charge in [0.2, 0.25) is 5.91 Å². The van der Waals surface area contributed by atoms with E-state index in [0.717, 1.165) is 11.1 Å². The molecule has 0 aliphatic rings. The van der Waals surface area contributed by atoms with E-state index in [1.807, 2.05) is 43.3 Å². The van der Waals surface area contributed by atoms with Crippen LogP contribution in [0.3, 0.4) is 0 Å². The van der Waals surface area contributed by atoms with Crippen molar-refractivity contribution in [3.05, 3.63) is 130 Å². The molecule has 0 heterocycles. The first kappa shape index (κ1) is 25.6. The molecular weight excluding hydrogens is 460 g/mol. The van der Waals surface area contributed by atoms with E-state index in [9.17, 15) is 14.4 Å². The maximum atomic E-state index is 13.3. The highest BCUT2D eigenvalue weighted by molar-refractivity contribution is 6.16. The minimum Gasteiger partial charge on any atom is -0.325 e. The fourth-order valence-electron chi connectivity index (χ4n) is 4.08. The molecule has 4 rings (SSSR count). The quantitative estimate of drug-likeness (QED) is 0.267. The maximum absolute atomic E-state index is 13.3. The van der Waals surface area contributed by atoms with Crippen LogP contribution in [0.25, 0.3) is 0 Å². The van der Waals surface area contributed by atoms with Gasteiger partial charge < -0.3 is 10.6 Å². The van der Waals surface area contributed by atoms with Gasteiger partial charge in [0.05, 0.1) is 23.4 Å². The Bertz CT molecular complexity index is 1420. The van der Waals surface area contributed by atoms with E-state index in [-0.39, 0.29) is 18.1 Å². The zero-order valence-electron chi connectivity index (χ0n) is 21.2. The van der Waals surface area contributed by atoms with Gasteiger partial charge in [0.1, 0.15) is 0 Å². The number of benzene rings is 4. The molecule has 0 saturated heterocycles. The van der Waals surface area contributed by atoms with Gasteiger partial charge in [-0.15, -0.1) is 0 Å². The van der Waals surface area contributed by atoms with E-state index in [2.05, 4.69) is 24.5 Å². The third kappa shape index (κ3) is 6.39. The molecule has 37 heavy (non-hydrogen) atoms. The molecule has 0 aliphatic heterocycles. The fourth-order valence-corrected chi connectivity index (χ4v) is 4.08. The van der Waals surface area contributed by atoms with Crippen LogP contribution >= 0.6 is 0 Å². The largest absolute Gasteiger partial charge is 0.325 e. The van der Waals surface area contributed by atoms with Crippen LogP contribution in [0, 0.1) is 6.92 Å². The zero-order chi connectivity index (χ0) is 26.4. The second-order valence-electron chi connectivity index (χ2n) is 9.37. The maximum Gasteiger partial charge on any atom is 0.257 e. The second kappa shape index (κ2) is 11.5. The monoisotopic (exact) mass is 490 g/mol. The molecule has 0 bridgehead atoms. The predicted octanol–water partition coefficient (Wildman–Crippen LogP) is 6.78. The average molecular weight is 491 g/mol. The molecule has 4 aromatic rings. The molecule has 0 aromatic heterocycles. The Hall–Kier alpha value is -4.51. The Labute approximate surface area is 217 Å². The Balaban J connectivity index is 1.52. The van der Waals surface area contributed by atoms with Crippen molar-refractivity contribution >= 4 is 29.0 Å². The van der Waals surface area contributed by atoms with Gasteiger partial charge in [0.15, 0.2) is 5.78 Å². The van der Waals surface area contributed by atoms with Crippen molar-refractivity contribution in [3.63, 3.8) is 0 Å². The van der Waals surface area contributed by atoms with Gasteiger partial charge >= 0.3 is 0 Å². The third-order valence-electron chi connectivity index (χ3n) is 6.16. The molecule has 0 spiro atoms. The smallest absolute Gasteiger partial charge is 0.257 e. The lowest BCUT2D eigenvalue weighted by Gasteiger charge is -2.14. The Morgan fingerprint density at radius 3 is 2.05 bits per heavy atom. The highest BCUT2D eigenvalue weighted by Gasteiger charge is 2.18. The summed E-state index contributed by atoms with van der Waals surface area (Å²) < 4.78 is 0. The van der Waals surface area contributed by atoms with E-state index in [1.54, 1.807) is 60.7 Å². The van der Waals surface area contributed by atoms with Crippen LogP contribution in [-0.2, 0) is 11.2 Å². The van der Waals surface area contributed by atoms with E-state index >= 15 is 0 Å². The first-order valence-corrected chi connectivity index (χ1v) is 12.3. The number of nitrogens with one attached hydrogen (secondary N) is 2. The van der Waals surface area contributed by atoms with Crippen LogP contribution in [0.2, 0.25) is 0 Å². The summed E-state index contributed by atoms with van der Waals surface area (Å²) in [6.45, 7) is 6.15. The van der Waals surface area contributed by atoms with Crippen molar-refractivity contribution < 1.29 is 14.4 Å². The highest BCUT2D eigenvalue weighted by Crippen LogP contribution is 2.24. The molecule has 5 heteroatoms. The first-order chi connectivity index (χ1) is 17.8. The van der Waals surface area contributed by atoms with Gasteiger partial charge in [-0.05, 0) is 48.2 Å². The topological polar surface area (TPSA) is 75.3 Å². The summed E-state index contributed by atoms with van der Waals surface area (Å²) in [5, 5.41) is 5.74. The molecule has 5 nitrogen and oxygen atoms in total. The summed E-state index contributed by atoms with van der Waals surface area (Å²) in [5.41, 5.74) is 5.10. The van der Waals surface area contributed by atoms with Gasteiger partial charge in [-0.2, -0.15) is 0 Å². The minimum absolute atomic E-state index is 0.176. The number of aryl methyl sites for hydroxylation is 1. The lowest BCUT2D eigenvalue weighted by atomic mass is 9.99. The van der Waals surface area contributed by atoms with Gasteiger partial charge in [-0.3, -0.25) is 14.4 Å². The first-order valence-electron chi connectivity index (χ1n) is 12.3. The molecule has 2 N–H and O–H groups in total. The molecule has 0 fully saturated rings. The summed E-state index contributed by atoms with van der Waals surface area (Å²) in [7, 11) is 0. The Morgan fingerprint density at radius 1 is 0.703 bits per heavy atom. The van der Waals surface area contributed by atoms with Crippen molar-refractivity contribution in [2.75, 3.05) is 10.6 Å². The van der Waals surface area contributed by atoms with Gasteiger partial charge in [0, 0.05) is 11.1 Å². The number of hydrogen-bond donors (Lipinski definition) is 2. The minimum atomic E-state index is -0.414. The lowest BCUT2D eigenvalue weighted by Crippen LogP contribution is -2.20. The molecule has 186 valence electrons. The van der Waals surface area contributed by atoms with Gasteiger partial charge in [-0.1, -0.05) is 92.2 Å². The average Bonchev–Trinajstić information content (AvgIpc) is 2.90. The SMILES string of the molecule is Cc1ccc(NC(=O)c2ccccc2NC(=O)Cc2ccc(C(C)C)cc2)c(C(=O)c2ccccc2)c1. The Morgan fingerprint density at radius 2 is 1.35 bits per heavy atom. The predicted molar refractivity (Wildman–Crippen MR) is 148 cm³/mol. The van der Waals surface area contributed by atoms with Crippen LogP contribution in [0.1, 0.15) is 62.7 Å². The van der Waals surface area contributed by atoms with E-state index in [0.29, 0.717) is 34.0 Å². The summed E-state index contributed by atoms with van der Waals surface area (Å²) in [5.74, 6) is -0.383. The highest BCUT2D eigenvalue weighted by atomic mass is 16.2. The molecule has 0 saturated carbocycles. The summed E-state index contributed by atoms with van der Waals surface area (Å²) in [4.78, 5) is 39.3. The second-order valence-corrected chi connectivity index (χ2v) is 9.37. The van der Waals surface area contributed by atoms with E-state index < -0.39 is 5.91 Å². The molecular formula is C32H30N2O3. The number of para-hydroxylation sites is 1. The molecule has 0 unspecified atom stereocenters. The third-order valence-corrected chi connectivity index (χ3v) is 6.16. The number of hydrogen-bond acceptors (Lipinski definition) is 3. The van der Waals surface area contributed by atoms with Crippen LogP contribution in [0.4, 0.5) is 11.4 Å². The molecule has 0 radical (unpaired) electrons. The van der Waals surface area contributed by atoms with E-state index in [1.165, 1.54) is 5.56 Å². The lowest BCUT2D eigenvalue weighted by molar-refractivity contribution is -0.115.